The first-order valence-electron chi connectivity index (χ1n) is 6.70. The van der Waals surface area contributed by atoms with Crippen LogP contribution in [0.4, 0.5) is 0 Å². The highest BCUT2D eigenvalue weighted by Gasteiger charge is 2.05. The Bertz CT molecular complexity index is 579. The van der Waals surface area contributed by atoms with E-state index in [9.17, 15) is 4.79 Å². The average Bonchev–Trinajstić information content (AvgIpc) is 2.47. The fraction of sp³-hybridized carbons (Fsp3) is 0.235. The minimum atomic E-state index is -0.0650. The van der Waals surface area contributed by atoms with Gasteiger partial charge in [0.05, 0.1) is 6.54 Å². The molecule has 0 aromatic heterocycles. The number of nitrogens with one attached hydrogen (secondary N) is 1. The Morgan fingerprint density at radius 1 is 1.05 bits per heavy atom. The number of rotatable bonds is 5. The summed E-state index contributed by atoms with van der Waals surface area (Å²) in [6.07, 6.45) is 0. The Hall–Kier alpha value is -2.29. The first-order valence-corrected chi connectivity index (χ1v) is 6.70. The molecule has 3 nitrogen and oxygen atoms in total. The van der Waals surface area contributed by atoms with E-state index in [0.29, 0.717) is 18.7 Å². The highest BCUT2D eigenvalue weighted by Crippen LogP contribution is 2.10. The molecular formula is C17H19NO2. The third kappa shape index (κ3) is 3.85. The summed E-state index contributed by atoms with van der Waals surface area (Å²) < 4.78 is 5.52. The van der Waals surface area contributed by atoms with Crippen molar-refractivity contribution in [2.45, 2.75) is 13.8 Å². The predicted molar refractivity (Wildman–Crippen MR) is 80.2 cm³/mol. The molecular weight excluding hydrogens is 250 g/mol. The van der Waals surface area contributed by atoms with Crippen LogP contribution >= 0.6 is 0 Å². The number of amides is 1. The molecule has 1 amide bonds. The summed E-state index contributed by atoms with van der Waals surface area (Å²) in [7, 11) is 0. The van der Waals surface area contributed by atoms with Gasteiger partial charge in [-0.3, -0.25) is 4.79 Å². The zero-order chi connectivity index (χ0) is 14.4. The van der Waals surface area contributed by atoms with Crippen molar-refractivity contribution in [3.63, 3.8) is 0 Å². The van der Waals surface area contributed by atoms with Crippen LogP contribution < -0.4 is 10.1 Å². The van der Waals surface area contributed by atoms with E-state index >= 15 is 0 Å². The van der Waals surface area contributed by atoms with Crippen molar-refractivity contribution in [3.05, 3.63) is 65.2 Å². The van der Waals surface area contributed by atoms with Crippen LogP contribution in [0.2, 0.25) is 0 Å². The number of ether oxygens (including phenoxy) is 1. The number of aryl methyl sites for hydroxylation is 2. The normalized spacial score (nSPS) is 10.1. The monoisotopic (exact) mass is 269 g/mol. The van der Waals surface area contributed by atoms with E-state index in [-0.39, 0.29) is 5.91 Å². The number of carbonyl (C=O) groups excluding carboxylic acids is 1. The molecule has 0 spiro atoms. The van der Waals surface area contributed by atoms with Gasteiger partial charge in [-0.2, -0.15) is 0 Å². The Morgan fingerprint density at radius 3 is 2.50 bits per heavy atom. The van der Waals surface area contributed by atoms with Gasteiger partial charge in [0.25, 0.3) is 5.91 Å². The summed E-state index contributed by atoms with van der Waals surface area (Å²) in [4.78, 5) is 12.0. The van der Waals surface area contributed by atoms with E-state index in [1.165, 1.54) is 5.56 Å². The van der Waals surface area contributed by atoms with E-state index in [2.05, 4.69) is 5.32 Å². The van der Waals surface area contributed by atoms with E-state index < -0.39 is 0 Å². The Kier molecular flexibility index (Phi) is 4.77. The molecule has 0 fully saturated rings. The van der Waals surface area contributed by atoms with Crippen LogP contribution in [0.1, 0.15) is 21.5 Å². The van der Waals surface area contributed by atoms with Gasteiger partial charge in [0.2, 0.25) is 0 Å². The van der Waals surface area contributed by atoms with Crippen molar-refractivity contribution in [3.8, 4) is 5.75 Å². The van der Waals surface area contributed by atoms with Gasteiger partial charge in [-0.25, -0.2) is 0 Å². The van der Waals surface area contributed by atoms with Crippen molar-refractivity contribution in [1.29, 1.82) is 0 Å². The van der Waals surface area contributed by atoms with Gasteiger partial charge in [0, 0.05) is 5.56 Å². The molecule has 0 saturated carbocycles. The van der Waals surface area contributed by atoms with Gasteiger partial charge in [-0.05, 0) is 49.2 Å². The number of hydrogen-bond donors (Lipinski definition) is 1. The Labute approximate surface area is 119 Å². The minimum absolute atomic E-state index is 0.0650. The minimum Gasteiger partial charge on any atom is -0.492 e. The smallest absolute Gasteiger partial charge is 0.251 e. The van der Waals surface area contributed by atoms with E-state index in [4.69, 9.17) is 4.74 Å². The van der Waals surface area contributed by atoms with Crippen molar-refractivity contribution < 1.29 is 9.53 Å². The van der Waals surface area contributed by atoms with Crippen molar-refractivity contribution in [2.75, 3.05) is 13.2 Å². The number of benzene rings is 2. The Balaban J connectivity index is 1.79. The molecule has 0 aliphatic carbocycles. The van der Waals surface area contributed by atoms with Gasteiger partial charge < -0.3 is 10.1 Å². The predicted octanol–water partition coefficient (Wildman–Crippen LogP) is 3.11. The van der Waals surface area contributed by atoms with Crippen LogP contribution in [-0.4, -0.2) is 19.1 Å². The lowest BCUT2D eigenvalue weighted by atomic mass is 10.1. The molecule has 1 N–H and O–H groups in total. The van der Waals surface area contributed by atoms with Gasteiger partial charge >= 0.3 is 0 Å². The van der Waals surface area contributed by atoms with Crippen LogP contribution in [0.15, 0.2) is 48.5 Å². The van der Waals surface area contributed by atoms with Crippen LogP contribution in [0.3, 0.4) is 0 Å². The van der Waals surface area contributed by atoms with Crippen LogP contribution in [0.5, 0.6) is 5.75 Å². The van der Waals surface area contributed by atoms with Crippen molar-refractivity contribution in [2.24, 2.45) is 0 Å². The highest BCUT2D eigenvalue weighted by atomic mass is 16.5. The van der Waals surface area contributed by atoms with Gasteiger partial charge in [-0.15, -0.1) is 0 Å². The quantitative estimate of drug-likeness (QED) is 0.847. The first-order chi connectivity index (χ1) is 9.66. The van der Waals surface area contributed by atoms with E-state index in [0.717, 1.165) is 11.3 Å². The van der Waals surface area contributed by atoms with Crippen LogP contribution in [0, 0.1) is 13.8 Å². The molecule has 2 rings (SSSR count). The summed E-state index contributed by atoms with van der Waals surface area (Å²) in [5.74, 6) is 0.748. The molecule has 0 radical (unpaired) electrons. The molecule has 2 aromatic rings. The number of para-hydroxylation sites is 1. The molecule has 0 aliphatic heterocycles. The van der Waals surface area contributed by atoms with Gasteiger partial charge in [0.1, 0.15) is 12.4 Å². The second-order valence-corrected chi connectivity index (χ2v) is 4.72. The third-order valence-corrected chi connectivity index (χ3v) is 3.17. The molecule has 3 heteroatoms. The fourth-order valence-corrected chi connectivity index (χ4v) is 1.83. The van der Waals surface area contributed by atoms with Gasteiger partial charge in [-0.1, -0.05) is 24.3 Å². The van der Waals surface area contributed by atoms with E-state index in [1.54, 1.807) is 0 Å². The Morgan fingerprint density at radius 2 is 1.80 bits per heavy atom. The lowest BCUT2D eigenvalue weighted by Gasteiger charge is -2.08. The van der Waals surface area contributed by atoms with Gasteiger partial charge in [0.15, 0.2) is 0 Å². The van der Waals surface area contributed by atoms with Crippen molar-refractivity contribution in [1.82, 2.24) is 5.32 Å². The SMILES string of the molecule is Cc1ccc(C(=O)NCCOc2ccccc2)cc1C. The topological polar surface area (TPSA) is 38.3 Å². The summed E-state index contributed by atoms with van der Waals surface area (Å²) in [6.45, 7) is 4.98. The summed E-state index contributed by atoms with van der Waals surface area (Å²) >= 11 is 0. The zero-order valence-electron chi connectivity index (χ0n) is 11.8. The third-order valence-electron chi connectivity index (χ3n) is 3.17. The lowest BCUT2D eigenvalue weighted by molar-refractivity contribution is 0.0947. The summed E-state index contributed by atoms with van der Waals surface area (Å²) in [6, 6.07) is 15.3. The molecule has 0 unspecified atom stereocenters. The van der Waals surface area contributed by atoms with Crippen LogP contribution in [0.25, 0.3) is 0 Å². The first kappa shape index (κ1) is 14.1. The molecule has 0 heterocycles. The maximum Gasteiger partial charge on any atom is 0.251 e. The molecule has 0 bridgehead atoms. The number of hydrogen-bond acceptors (Lipinski definition) is 2. The lowest BCUT2D eigenvalue weighted by Crippen LogP contribution is -2.28. The highest BCUT2D eigenvalue weighted by molar-refractivity contribution is 5.94. The molecule has 0 atom stereocenters. The zero-order valence-corrected chi connectivity index (χ0v) is 11.8. The molecule has 104 valence electrons. The molecule has 0 aliphatic rings. The summed E-state index contributed by atoms with van der Waals surface area (Å²) in [5.41, 5.74) is 3.00. The maximum absolute atomic E-state index is 12.0. The second-order valence-electron chi connectivity index (χ2n) is 4.72. The second kappa shape index (κ2) is 6.75. The average molecular weight is 269 g/mol. The fourth-order valence-electron chi connectivity index (χ4n) is 1.83. The largest absolute Gasteiger partial charge is 0.492 e. The van der Waals surface area contributed by atoms with Crippen LogP contribution in [-0.2, 0) is 0 Å². The molecule has 2 aromatic carbocycles. The molecule has 0 saturated heterocycles. The maximum atomic E-state index is 12.0. The number of carbonyl (C=O) groups is 1. The standard InChI is InChI=1S/C17H19NO2/c1-13-8-9-15(12-14(13)2)17(19)18-10-11-20-16-6-4-3-5-7-16/h3-9,12H,10-11H2,1-2H3,(H,18,19). The van der Waals surface area contributed by atoms with E-state index in [1.807, 2.05) is 62.4 Å². The van der Waals surface area contributed by atoms with Crippen molar-refractivity contribution >= 4 is 5.91 Å². The summed E-state index contributed by atoms with van der Waals surface area (Å²) in [5, 5.41) is 2.85. The molecule has 20 heavy (non-hydrogen) atoms.